The van der Waals surface area contributed by atoms with Gasteiger partial charge in [0.25, 0.3) is 0 Å². The van der Waals surface area contributed by atoms with Crippen molar-refractivity contribution >= 4 is 11.6 Å². The molecule has 1 amide bonds. The van der Waals surface area contributed by atoms with E-state index in [-0.39, 0.29) is 18.4 Å². The van der Waals surface area contributed by atoms with Gasteiger partial charge in [0.2, 0.25) is 5.91 Å². The minimum absolute atomic E-state index is 0.0857. The molecule has 0 bridgehead atoms. The van der Waals surface area contributed by atoms with Crippen molar-refractivity contribution in [2.75, 3.05) is 25.4 Å². The fraction of sp³-hybridized carbons (Fsp3) is 0.417. The van der Waals surface area contributed by atoms with Gasteiger partial charge >= 0.3 is 0 Å². The van der Waals surface area contributed by atoms with E-state index in [1.807, 2.05) is 18.2 Å². The van der Waals surface area contributed by atoms with E-state index in [4.69, 9.17) is 10.8 Å². The lowest BCUT2D eigenvalue weighted by Crippen LogP contribution is -2.51. The van der Waals surface area contributed by atoms with E-state index in [0.29, 0.717) is 25.2 Å². The number of hydrogen-bond acceptors (Lipinski definition) is 3. The molecular formula is C12H16N2O2. The van der Waals surface area contributed by atoms with E-state index in [1.165, 1.54) is 0 Å². The molecule has 0 radical (unpaired) electrons. The Hall–Kier alpha value is -1.55. The first kappa shape index (κ1) is 11.0. The highest BCUT2D eigenvalue weighted by atomic mass is 16.3. The first-order valence-electron chi connectivity index (χ1n) is 5.42. The monoisotopic (exact) mass is 220 g/mol. The molecule has 1 aliphatic heterocycles. The number of para-hydroxylation sites is 1. The zero-order chi connectivity index (χ0) is 11.5. The molecule has 1 aromatic carbocycles. The lowest BCUT2D eigenvalue weighted by molar-refractivity contribution is -0.137. The predicted molar refractivity (Wildman–Crippen MR) is 61.7 cm³/mol. The van der Waals surface area contributed by atoms with Crippen molar-refractivity contribution in [3.63, 3.8) is 0 Å². The van der Waals surface area contributed by atoms with Crippen molar-refractivity contribution in [2.45, 2.75) is 6.42 Å². The van der Waals surface area contributed by atoms with Crippen LogP contribution in [-0.2, 0) is 11.2 Å². The number of carbonyl (C=O) groups excluding carboxylic acids is 1. The summed E-state index contributed by atoms with van der Waals surface area (Å²) in [4.78, 5) is 13.6. The largest absolute Gasteiger partial charge is 0.398 e. The quantitative estimate of drug-likeness (QED) is 0.718. The Balaban J connectivity index is 1.91. The second-order valence-corrected chi connectivity index (χ2v) is 4.22. The number of aliphatic hydroxyl groups is 1. The van der Waals surface area contributed by atoms with Crippen LogP contribution in [0.2, 0.25) is 0 Å². The highest BCUT2D eigenvalue weighted by Gasteiger charge is 2.29. The van der Waals surface area contributed by atoms with Crippen LogP contribution in [0.4, 0.5) is 5.69 Å². The van der Waals surface area contributed by atoms with Crippen molar-refractivity contribution in [3.8, 4) is 0 Å². The lowest BCUT2D eigenvalue weighted by Gasteiger charge is -2.38. The van der Waals surface area contributed by atoms with E-state index in [9.17, 15) is 4.79 Å². The number of benzene rings is 1. The van der Waals surface area contributed by atoms with Crippen molar-refractivity contribution < 1.29 is 9.90 Å². The average molecular weight is 220 g/mol. The van der Waals surface area contributed by atoms with Gasteiger partial charge < -0.3 is 15.7 Å². The van der Waals surface area contributed by atoms with Crippen LogP contribution in [0.3, 0.4) is 0 Å². The maximum Gasteiger partial charge on any atom is 0.227 e. The predicted octanol–water partition coefficient (Wildman–Crippen LogP) is 0.262. The second-order valence-electron chi connectivity index (χ2n) is 4.22. The number of hydrogen-bond donors (Lipinski definition) is 2. The minimum Gasteiger partial charge on any atom is -0.398 e. The summed E-state index contributed by atoms with van der Waals surface area (Å²) in [5.41, 5.74) is 7.31. The van der Waals surface area contributed by atoms with Crippen molar-refractivity contribution in [2.24, 2.45) is 5.92 Å². The molecule has 0 spiro atoms. The van der Waals surface area contributed by atoms with Gasteiger partial charge in [-0.2, -0.15) is 0 Å². The average Bonchev–Trinajstić information content (AvgIpc) is 2.20. The van der Waals surface area contributed by atoms with E-state index in [0.717, 1.165) is 5.56 Å². The van der Waals surface area contributed by atoms with E-state index >= 15 is 0 Å². The number of nitrogens with two attached hydrogens (primary N) is 1. The van der Waals surface area contributed by atoms with Gasteiger partial charge in [-0.1, -0.05) is 18.2 Å². The molecule has 3 N–H and O–H groups in total. The van der Waals surface area contributed by atoms with Crippen LogP contribution in [0.1, 0.15) is 5.56 Å². The van der Waals surface area contributed by atoms with E-state index < -0.39 is 0 Å². The van der Waals surface area contributed by atoms with Crippen molar-refractivity contribution in [1.29, 1.82) is 0 Å². The maximum absolute atomic E-state index is 11.8. The van der Waals surface area contributed by atoms with E-state index in [2.05, 4.69) is 0 Å². The van der Waals surface area contributed by atoms with Crippen LogP contribution < -0.4 is 5.73 Å². The number of likely N-dealkylation sites (tertiary alicyclic amines) is 1. The number of amides is 1. The molecule has 1 aromatic rings. The molecule has 86 valence electrons. The summed E-state index contributed by atoms with van der Waals surface area (Å²) in [6, 6.07) is 7.41. The Morgan fingerprint density at radius 3 is 2.75 bits per heavy atom. The first-order chi connectivity index (χ1) is 7.70. The smallest absolute Gasteiger partial charge is 0.227 e. The minimum atomic E-state index is 0.0857. The van der Waals surface area contributed by atoms with Gasteiger partial charge in [0.1, 0.15) is 0 Å². The summed E-state index contributed by atoms with van der Waals surface area (Å²) >= 11 is 0. The summed E-state index contributed by atoms with van der Waals surface area (Å²) < 4.78 is 0. The van der Waals surface area contributed by atoms with Gasteiger partial charge in [-0.3, -0.25) is 4.79 Å². The van der Waals surface area contributed by atoms with Gasteiger partial charge in [0.15, 0.2) is 0 Å². The molecule has 0 saturated carbocycles. The molecule has 1 aliphatic rings. The van der Waals surface area contributed by atoms with Crippen molar-refractivity contribution in [1.82, 2.24) is 4.90 Å². The Morgan fingerprint density at radius 1 is 1.44 bits per heavy atom. The Bertz CT molecular complexity index is 386. The van der Waals surface area contributed by atoms with Crippen LogP contribution in [0, 0.1) is 5.92 Å². The molecule has 1 saturated heterocycles. The summed E-state index contributed by atoms with van der Waals surface area (Å²) in [5.74, 6) is 0.347. The molecule has 1 fully saturated rings. The van der Waals surface area contributed by atoms with Crippen LogP contribution in [-0.4, -0.2) is 35.6 Å². The number of anilines is 1. The molecule has 4 heteroatoms. The number of aliphatic hydroxyl groups excluding tert-OH is 1. The van der Waals surface area contributed by atoms with Crippen LogP contribution in [0.15, 0.2) is 24.3 Å². The highest BCUT2D eigenvalue weighted by Crippen LogP contribution is 2.18. The Kier molecular flexibility index (Phi) is 3.10. The van der Waals surface area contributed by atoms with Crippen molar-refractivity contribution in [3.05, 3.63) is 29.8 Å². The van der Waals surface area contributed by atoms with Gasteiger partial charge in [-0.15, -0.1) is 0 Å². The van der Waals surface area contributed by atoms with Crippen LogP contribution in [0.25, 0.3) is 0 Å². The van der Waals surface area contributed by atoms with E-state index in [1.54, 1.807) is 11.0 Å². The molecule has 0 aromatic heterocycles. The summed E-state index contributed by atoms with van der Waals surface area (Å²) in [6.07, 6.45) is 0.352. The molecule has 2 rings (SSSR count). The standard InChI is InChI=1S/C12H16N2O2/c13-11-4-2-1-3-10(11)5-12(16)14-6-9(7-14)8-15/h1-4,9,15H,5-8,13H2. The fourth-order valence-corrected chi connectivity index (χ4v) is 1.86. The van der Waals surface area contributed by atoms with Gasteiger partial charge in [-0.05, 0) is 11.6 Å². The third-order valence-electron chi connectivity index (χ3n) is 2.96. The fourth-order valence-electron chi connectivity index (χ4n) is 1.86. The van der Waals surface area contributed by atoms with Crippen LogP contribution >= 0.6 is 0 Å². The SMILES string of the molecule is Nc1ccccc1CC(=O)N1CC(CO)C1. The summed E-state index contributed by atoms with van der Waals surface area (Å²) in [7, 11) is 0. The summed E-state index contributed by atoms with van der Waals surface area (Å²) in [5, 5.41) is 8.86. The Labute approximate surface area is 94.7 Å². The highest BCUT2D eigenvalue weighted by molar-refractivity contribution is 5.81. The number of nitrogen functional groups attached to an aromatic ring is 1. The number of rotatable bonds is 3. The molecular weight excluding hydrogens is 204 g/mol. The third kappa shape index (κ3) is 2.17. The Morgan fingerprint density at radius 2 is 2.12 bits per heavy atom. The van der Waals surface area contributed by atoms with Gasteiger partial charge in [0, 0.05) is 31.3 Å². The zero-order valence-electron chi connectivity index (χ0n) is 9.10. The topological polar surface area (TPSA) is 66.6 Å². The lowest BCUT2D eigenvalue weighted by atomic mass is 9.99. The number of nitrogens with zero attached hydrogens (tertiary/aromatic N) is 1. The molecule has 4 nitrogen and oxygen atoms in total. The normalized spacial score (nSPS) is 15.9. The molecule has 0 unspecified atom stereocenters. The third-order valence-corrected chi connectivity index (χ3v) is 2.96. The summed E-state index contributed by atoms with van der Waals surface area (Å²) in [6.45, 7) is 1.50. The van der Waals surface area contributed by atoms with Gasteiger partial charge in [0.05, 0.1) is 6.42 Å². The zero-order valence-corrected chi connectivity index (χ0v) is 9.10. The van der Waals surface area contributed by atoms with Gasteiger partial charge in [-0.25, -0.2) is 0 Å². The molecule has 16 heavy (non-hydrogen) atoms. The maximum atomic E-state index is 11.8. The molecule has 0 aliphatic carbocycles. The van der Waals surface area contributed by atoms with Crippen LogP contribution in [0.5, 0.6) is 0 Å². The molecule has 0 atom stereocenters. The first-order valence-corrected chi connectivity index (χ1v) is 5.42. The molecule has 1 heterocycles. The number of carbonyl (C=O) groups is 1. The second kappa shape index (κ2) is 4.53.